The molecule has 0 amide bonds. The Morgan fingerprint density at radius 1 is 1.19 bits per heavy atom. The largest absolute Gasteiger partial charge is 0.435 e. The van der Waals surface area contributed by atoms with Crippen molar-refractivity contribution in [2.45, 2.75) is 20.0 Å². The number of hydrogen-bond donors (Lipinski definition) is 0. The molecule has 0 aliphatic carbocycles. The number of carbonyl (C=O) groups excluding carboxylic acids is 1. The minimum absolute atomic E-state index is 0.0633. The third-order valence-electron chi connectivity index (χ3n) is 3.04. The first-order valence-corrected chi connectivity index (χ1v) is 6.29. The van der Waals surface area contributed by atoms with Gasteiger partial charge in [-0.1, -0.05) is 18.2 Å². The fourth-order valence-electron chi connectivity index (χ4n) is 1.98. The Morgan fingerprint density at radius 2 is 1.95 bits per heavy atom. The topological polar surface area (TPSA) is 26.3 Å². The van der Waals surface area contributed by atoms with Crippen LogP contribution in [0.15, 0.2) is 42.5 Å². The lowest BCUT2D eigenvalue weighted by Crippen LogP contribution is -2.07. The van der Waals surface area contributed by atoms with Crippen LogP contribution in [0.2, 0.25) is 0 Å². The Hall–Kier alpha value is -2.30. The molecule has 21 heavy (non-hydrogen) atoms. The van der Waals surface area contributed by atoms with Crippen molar-refractivity contribution in [2.24, 2.45) is 0 Å². The maximum atomic E-state index is 13.0. The lowest BCUT2D eigenvalue weighted by atomic mass is 9.99. The molecule has 0 aliphatic heterocycles. The maximum absolute atomic E-state index is 13.0. The van der Waals surface area contributed by atoms with E-state index in [1.54, 1.807) is 13.0 Å². The van der Waals surface area contributed by atoms with Crippen molar-refractivity contribution in [1.82, 2.24) is 0 Å². The van der Waals surface area contributed by atoms with Gasteiger partial charge in [0.1, 0.15) is 11.6 Å². The molecule has 0 saturated heterocycles. The molecule has 0 heterocycles. The number of alkyl halides is 2. The Balaban J connectivity index is 2.16. The minimum Gasteiger partial charge on any atom is -0.435 e. The quantitative estimate of drug-likeness (QED) is 0.774. The smallest absolute Gasteiger partial charge is 0.387 e. The van der Waals surface area contributed by atoms with E-state index in [1.807, 2.05) is 0 Å². The van der Waals surface area contributed by atoms with E-state index in [9.17, 15) is 18.0 Å². The Morgan fingerprint density at radius 3 is 2.62 bits per heavy atom. The summed E-state index contributed by atoms with van der Waals surface area (Å²) >= 11 is 0. The number of aryl methyl sites for hydroxylation is 1. The third-order valence-corrected chi connectivity index (χ3v) is 3.04. The molecular formula is C16H13F3O2. The van der Waals surface area contributed by atoms with Crippen molar-refractivity contribution in [3.63, 3.8) is 0 Å². The number of carbonyl (C=O) groups is 1. The summed E-state index contributed by atoms with van der Waals surface area (Å²) in [7, 11) is 0. The summed E-state index contributed by atoms with van der Waals surface area (Å²) in [6, 6.07) is 9.80. The van der Waals surface area contributed by atoms with Crippen molar-refractivity contribution >= 4 is 5.78 Å². The summed E-state index contributed by atoms with van der Waals surface area (Å²) in [4.78, 5) is 12.2. The van der Waals surface area contributed by atoms with Crippen LogP contribution >= 0.6 is 0 Å². The molecule has 2 aromatic carbocycles. The van der Waals surface area contributed by atoms with Crippen LogP contribution in [0.5, 0.6) is 5.75 Å². The number of Topliss-reactive ketones (excluding diaryl/α,β-unsaturated/α-hetero) is 1. The standard InChI is InChI=1S/C16H13F3O2/c1-10-7-13(17)6-5-11(10)9-15(20)12-3-2-4-14(8-12)21-16(18)19/h2-8,16H,9H2,1H3. The monoisotopic (exact) mass is 294 g/mol. The minimum atomic E-state index is -2.94. The van der Waals surface area contributed by atoms with Gasteiger partial charge in [0, 0.05) is 12.0 Å². The highest BCUT2D eigenvalue weighted by Gasteiger charge is 2.12. The second kappa shape index (κ2) is 6.43. The van der Waals surface area contributed by atoms with Crippen molar-refractivity contribution in [1.29, 1.82) is 0 Å². The van der Waals surface area contributed by atoms with E-state index in [0.717, 1.165) is 0 Å². The summed E-state index contributed by atoms with van der Waals surface area (Å²) < 4.78 is 41.6. The molecule has 2 aromatic rings. The molecule has 0 atom stereocenters. The van der Waals surface area contributed by atoms with Gasteiger partial charge in [-0.15, -0.1) is 0 Å². The summed E-state index contributed by atoms with van der Waals surface area (Å²) in [5.41, 5.74) is 1.64. The molecule has 0 aromatic heterocycles. The fraction of sp³-hybridized carbons (Fsp3) is 0.188. The molecule has 2 nitrogen and oxygen atoms in total. The summed E-state index contributed by atoms with van der Waals surface area (Å²) in [5, 5.41) is 0. The van der Waals surface area contributed by atoms with Crippen LogP contribution in [-0.4, -0.2) is 12.4 Å². The van der Waals surface area contributed by atoms with Crippen molar-refractivity contribution in [3.8, 4) is 5.75 Å². The Kier molecular flexibility index (Phi) is 4.62. The van der Waals surface area contributed by atoms with E-state index in [0.29, 0.717) is 11.1 Å². The van der Waals surface area contributed by atoms with Crippen LogP contribution in [0, 0.1) is 12.7 Å². The molecule has 0 aliphatic rings. The van der Waals surface area contributed by atoms with E-state index in [-0.39, 0.29) is 29.3 Å². The highest BCUT2D eigenvalue weighted by atomic mass is 19.3. The lowest BCUT2D eigenvalue weighted by Gasteiger charge is -2.08. The van der Waals surface area contributed by atoms with Gasteiger partial charge < -0.3 is 4.74 Å². The average molecular weight is 294 g/mol. The highest BCUT2D eigenvalue weighted by molar-refractivity contribution is 5.98. The summed E-state index contributed by atoms with van der Waals surface area (Å²) in [6.45, 7) is -1.23. The van der Waals surface area contributed by atoms with Gasteiger partial charge in [-0.3, -0.25) is 4.79 Å². The number of ether oxygens (including phenoxy) is 1. The first-order valence-electron chi connectivity index (χ1n) is 6.29. The van der Waals surface area contributed by atoms with Crippen molar-refractivity contribution < 1.29 is 22.7 Å². The molecule has 0 bridgehead atoms. The van der Waals surface area contributed by atoms with E-state index >= 15 is 0 Å². The second-order valence-corrected chi connectivity index (χ2v) is 4.58. The number of rotatable bonds is 5. The fourth-order valence-corrected chi connectivity index (χ4v) is 1.98. The van der Waals surface area contributed by atoms with Gasteiger partial charge >= 0.3 is 6.61 Å². The molecule has 0 fully saturated rings. The molecule has 0 saturated carbocycles. The SMILES string of the molecule is Cc1cc(F)ccc1CC(=O)c1cccc(OC(F)F)c1. The van der Waals surface area contributed by atoms with Gasteiger partial charge in [-0.25, -0.2) is 4.39 Å². The van der Waals surface area contributed by atoms with Crippen LogP contribution in [0.1, 0.15) is 21.5 Å². The van der Waals surface area contributed by atoms with Crippen LogP contribution in [0.25, 0.3) is 0 Å². The van der Waals surface area contributed by atoms with Crippen molar-refractivity contribution in [3.05, 3.63) is 65.0 Å². The van der Waals surface area contributed by atoms with E-state index < -0.39 is 6.61 Å². The summed E-state index contributed by atoms with van der Waals surface area (Å²) in [5.74, 6) is -0.674. The number of halogens is 3. The zero-order valence-electron chi connectivity index (χ0n) is 11.3. The molecule has 5 heteroatoms. The highest BCUT2D eigenvalue weighted by Crippen LogP contribution is 2.18. The van der Waals surface area contributed by atoms with Crippen LogP contribution in [0.4, 0.5) is 13.2 Å². The molecule has 2 rings (SSSR count). The van der Waals surface area contributed by atoms with Gasteiger partial charge in [0.2, 0.25) is 0 Å². The van der Waals surface area contributed by atoms with E-state index in [2.05, 4.69) is 4.74 Å². The third kappa shape index (κ3) is 4.08. The van der Waals surface area contributed by atoms with Crippen LogP contribution in [0.3, 0.4) is 0 Å². The average Bonchev–Trinajstić information content (AvgIpc) is 2.41. The number of ketones is 1. The molecular weight excluding hydrogens is 281 g/mol. The van der Waals surface area contributed by atoms with E-state index in [4.69, 9.17) is 0 Å². The van der Waals surface area contributed by atoms with Crippen LogP contribution < -0.4 is 4.74 Å². The number of benzene rings is 2. The lowest BCUT2D eigenvalue weighted by molar-refractivity contribution is -0.0498. The van der Waals surface area contributed by atoms with Gasteiger partial charge in [0.05, 0.1) is 0 Å². The van der Waals surface area contributed by atoms with Gasteiger partial charge in [0.25, 0.3) is 0 Å². The van der Waals surface area contributed by atoms with Crippen molar-refractivity contribution in [2.75, 3.05) is 0 Å². The predicted molar refractivity (Wildman–Crippen MR) is 72.2 cm³/mol. The number of hydrogen-bond acceptors (Lipinski definition) is 2. The zero-order valence-corrected chi connectivity index (χ0v) is 11.3. The normalized spacial score (nSPS) is 10.7. The first-order chi connectivity index (χ1) is 9.95. The summed E-state index contributed by atoms with van der Waals surface area (Å²) in [6.07, 6.45) is 0.0737. The second-order valence-electron chi connectivity index (χ2n) is 4.58. The Labute approximate surface area is 120 Å². The van der Waals surface area contributed by atoms with Gasteiger partial charge in [-0.05, 0) is 42.3 Å². The first kappa shape index (κ1) is 15.1. The predicted octanol–water partition coefficient (Wildman–Crippen LogP) is 4.16. The maximum Gasteiger partial charge on any atom is 0.387 e. The zero-order chi connectivity index (χ0) is 15.4. The molecule has 0 unspecified atom stereocenters. The van der Waals surface area contributed by atoms with E-state index in [1.165, 1.54) is 36.4 Å². The molecule has 0 N–H and O–H groups in total. The van der Waals surface area contributed by atoms with Gasteiger partial charge in [-0.2, -0.15) is 8.78 Å². The molecule has 110 valence electrons. The molecule has 0 radical (unpaired) electrons. The van der Waals surface area contributed by atoms with Crippen LogP contribution in [-0.2, 0) is 6.42 Å². The Bertz CT molecular complexity index is 654. The molecule has 0 spiro atoms. The van der Waals surface area contributed by atoms with Gasteiger partial charge in [0.15, 0.2) is 5.78 Å².